The number of hydrogen-bond acceptors (Lipinski definition) is 3. The number of rotatable bonds is 1. The third-order valence-electron chi connectivity index (χ3n) is 4.09. The van der Waals surface area contributed by atoms with Crippen LogP contribution in [0.2, 0.25) is 0 Å². The molecule has 22 heavy (non-hydrogen) atoms. The Kier molecular flexibility index (Phi) is 5.00. The summed E-state index contributed by atoms with van der Waals surface area (Å²) in [4.78, 5) is 0. The highest BCUT2D eigenvalue weighted by atomic mass is 32.1. The normalized spacial score (nSPS) is 19.1. The van der Waals surface area contributed by atoms with E-state index in [9.17, 15) is 4.39 Å². The Morgan fingerprint density at radius 1 is 1.09 bits per heavy atom. The molecule has 0 aliphatic carbocycles. The minimum absolute atomic E-state index is 0.190. The van der Waals surface area contributed by atoms with Crippen LogP contribution in [-0.4, -0.2) is 18.3 Å². The van der Waals surface area contributed by atoms with Gasteiger partial charge in [0.1, 0.15) is 5.82 Å². The molecule has 1 aromatic heterocycles. The minimum Gasteiger partial charge on any atom is -0.399 e. The predicted octanol–water partition coefficient (Wildman–Crippen LogP) is 4.76. The zero-order chi connectivity index (χ0) is 16.5. The van der Waals surface area contributed by atoms with Gasteiger partial charge >= 0.3 is 7.12 Å². The van der Waals surface area contributed by atoms with Gasteiger partial charge in [-0.3, -0.25) is 0 Å². The number of fused-ring (bicyclic) bond motifs is 1. The molecule has 1 aromatic carbocycles. The predicted molar refractivity (Wildman–Crippen MR) is 93.5 cm³/mol. The first-order valence-electron chi connectivity index (χ1n) is 7.74. The lowest BCUT2D eigenvalue weighted by Gasteiger charge is -2.32. The minimum atomic E-state index is -0.430. The third kappa shape index (κ3) is 3.07. The van der Waals surface area contributed by atoms with E-state index >= 15 is 0 Å². The molecule has 0 saturated carbocycles. The topological polar surface area (TPSA) is 18.5 Å². The molecular weight excluding hydrogens is 298 g/mol. The van der Waals surface area contributed by atoms with Crippen molar-refractivity contribution in [2.24, 2.45) is 0 Å². The molecule has 0 N–H and O–H groups in total. The van der Waals surface area contributed by atoms with E-state index in [4.69, 9.17) is 9.31 Å². The molecule has 2 aromatic rings. The SMILES string of the molecule is CC1(C)OB(c2csc3c(F)cccc23)OC1(C)C.CCC. The second kappa shape index (κ2) is 6.30. The van der Waals surface area contributed by atoms with Crippen LogP contribution in [-0.2, 0) is 9.31 Å². The molecule has 3 rings (SSSR count). The van der Waals surface area contributed by atoms with E-state index in [0.717, 1.165) is 10.8 Å². The Morgan fingerprint density at radius 3 is 2.18 bits per heavy atom. The lowest BCUT2D eigenvalue weighted by Crippen LogP contribution is -2.41. The van der Waals surface area contributed by atoms with Crippen LogP contribution in [0.25, 0.3) is 10.1 Å². The van der Waals surface area contributed by atoms with Gasteiger partial charge in [0.2, 0.25) is 0 Å². The molecule has 1 saturated heterocycles. The summed E-state index contributed by atoms with van der Waals surface area (Å²) < 4.78 is 26.4. The summed E-state index contributed by atoms with van der Waals surface area (Å²) in [7, 11) is -0.430. The van der Waals surface area contributed by atoms with Crippen molar-refractivity contribution in [1.29, 1.82) is 0 Å². The van der Waals surface area contributed by atoms with Crippen molar-refractivity contribution in [1.82, 2.24) is 0 Å². The molecule has 0 atom stereocenters. The summed E-state index contributed by atoms with van der Waals surface area (Å²) in [5.74, 6) is -0.190. The van der Waals surface area contributed by atoms with Crippen LogP contribution < -0.4 is 5.46 Å². The van der Waals surface area contributed by atoms with E-state index in [2.05, 4.69) is 13.8 Å². The maximum Gasteiger partial charge on any atom is 0.496 e. The molecule has 2 nitrogen and oxygen atoms in total. The van der Waals surface area contributed by atoms with Crippen LogP contribution in [0, 0.1) is 5.82 Å². The number of thiophene rings is 1. The van der Waals surface area contributed by atoms with Gasteiger partial charge in [-0.15, -0.1) is 11.3 Å². The van der Waals surface area contributed by atoms with Gasteiger partial charge in [0.15, 0.2) is 0 Å². The molecule has 120 valence electrons. The summed E-state index contributed by atoms with van der Waals surface area (Å²) in [5, 5.41) is 2.80. The van der Waals surface area contributed by atoms with Crippen molar-refractivity contribution in [2.45, 2.75) is 59.2 Å². The molecular formula is C17H24BFO2S. The number of benzene rings is 1. The van der Waals surface area contributed by atoms with Crippen LogP contribution in [0.1, 0.15) is 48.0 Å². The van der Waals surface area contributed by atoms with Crippen LogP contribution in [0.3, 0.4) is 0 Å². The van der Waals surface area contributed by atoms with E-state index < -0.39 is 7.12 Å². The maximum absolute atomic E-state index is 13.7. The lowest BCUT2D eigenvalue weighted by molar-refractivity contribution is 0.00578. The molecule has 5 heteroatoms. The first kappa shape index (κ1) is 17.4. The Hall–Kier alpha value is -0.905. The largest absolute Gasteiger partial charge is 0.496 e. The average Bonchev–Trinajstić information content (AvgIpc) is 2.91. The van der Waals surface area contributed by atoms with Gasteiger partial charge < -0.3 is 9.31 Å². The van der Waals surface area contributed by atoms with E-state index in [0.29, 0.717) is 4.70 Å². The second-order valence-corrected chi connectivity index (χ2v) is 7.48. The summed E-state index contributed by atoms with van der Waals surface area (Å²) >= 11 is 1.39. The fraction of sp³-hybridized carbons (Fsp3) is 0.529. The van der Waals surface area contributed by atoms with Crippen molar-refractivity contribution in [2.75, 3.05) is 0 Å². The smallest absolute Gasteiger partial charge is 0.399 e. The van der Waals surface area contributed by atoms with Crippen molar-refractivity contribution in [3.05, 3.63) is 29.4 Å². The number of halogens is 1. The standard InChI is InChI=1S/C14H16BFO2S.C3H8/c1-13(2)14(3,4)18-15(17-13)10-8-19-12-9(10)6-5-7-11(12)16;1-3-2/h5-8H,1-4H3;3H2,1-2H3. The molecule has 1 fully saturated rings. The van der Waals surface area contributed by atoms with Crippen molar-refractivity contribution >= 4 is 34.0 Å². The van der Waals surface area contributed by atoms with Gasteiger partial charge in [-0.2, -0.15) is 0 Å². The quantitative estimate of drug-likeness (QED) is 0.705. The molecule has 0 spiro atoms. The van der Waals surface area contributed by atoms with Gasteiger partial charge in [0, 0.05) is 5.46 Å². The Bertz CT molecular complexity index is 635. The zero-order valence-corrected chi connectivity index (χ0v) is 15.0. The van der Waals surface area contributed by atoms with Gasteiger partial charge in [-0.25, -0.2) is 4.39 Å². The summed E-state index contributed by atoms with van der Waals surface area (Å²) in [6.45, 7) is 12.3. The fourth-order valence-corrected chi connectivity index (χ4v) is 3.17. The Labute approximate surface area is 136 Å². The first-order valence-corrected chi connectivity index (χ1v) is 8.62. The van der Waals surface area contributed by atoms with Gasteiger partial charge in [-0.1, -0.05) is 32.4 Å². The highest BCUT2D eigenvalue weighted by molar-refractivity contribution is 7.18. The van der Waals surface area contributed by atoms with Gasteiger partial charge in [0.25, 0.3) is 0 Å². The monoisotopic (exact) mass is 322 g/mol. The number of hydrogen-bond donors (Lipinski definition) is 0. The van der Waals surface area contributed by atoms with Crippen LogP contribution in [0.4, 0.5) is 4.39 Å². The van der Waals surface area contributed by atoms with Crippen LogP contribution >= 0.6 is 11.3 Å². The Balaban J connectivity index is 0.000000545. The molecule has 1 aliphatic heterocycles. The van der Waals surface area contributed by atoms with Gasteiger partial charge in [0.05, 0.1) is 15.9 Å². The molecule has 0 unspecified atom stereocenters. The van der Waals surface area contributed by atoms with Crippen molar-refractivity contribution in [3.63, 3.8) is 0 Å². The van der Waals surface area contributed by atoms with E-state index in [1.165, 1.54) is 23.8 Å². The average molecular weight is 322 g/mol. The molecule has 0 radical (unpaired) electrons. The highest BCUT2D eigenvalue weighted by Crippen LogP contribution is 2.37. The highest BCUT2D eigenvalue weighted by Gasteiger charge is 2.52. The maximum atomic E-state index is 13.7. The first-order chi connectivity index (χ1) is 10.2. The van der Waals surface area contributed by atoms with Crippen LogP contribution in [0.5, 0.6) is 0 Å². The molecule has 0 bridgehead atoms. The summed E-state index contributed by atoms with van der Waals surface area (Å²) in [5.41, 5.74) is 0.163. The third-order valence-corrected chi connectivity index (χ3v) is 5.11. The van der Waals surface area contributed by atoms with E-state index in [1.54, 1.807) is 6.07 Å². The van der Waals surface area contributed by atoms with E-state index in [-0.39, 0.29) is 17.0 Å². The van der Waals surface area contributed by atoms with Crippen molar-refractivity contribution < 1.29 is 13.7 Å². The van der Waals surface area contributed by atoms with Gasteiger partial charge in [-0.05, 0) is 44.5 Å². The lowest BCUT2D eigenvalue weighted by atomic mass is 9.79. The Morgan fingerprint density at radius 2 is 1.64 bits per heavy atom. The van der Waals surface area contributed by atoms with Crippen molar-refractivity contribution in [3.8, 4) is 0 Å². The second-order valence-electron chi connectivity index (χ2n) is 6.60. The summed E-state index contributed by atoms with van der Waals surface area (Å²) in [6.07, 6.45) is 1.25. The summed E-state index contributed by atoms with van der Waals surface area (Å²) in [6, 6.07) is 5.11. The molecule has 0 amide bonds. The molecule has 2 heterocycles. The zero-order valence-electron chi connectivity index (χ0n) is 14.2. The van der Waals surface area contributed by atoms with Crippen LogP contribution in [0.15, 0.2) is 23.6 Å². The molecule has 1 aliphatic rings. The van der Waals surface area contributed by atoms with E-state index in [1.807, 2.05) is 39.1 Å². The fourth-order valence-electron chi connectivity index (χ4n) is 2.19.